The van der Waals surface area contributed by atoms with Crippen LogP contribution in [0.3, 0.4) is 0 Å². The van der Waals surface area contributed by atoms with Crippen molar-refractivity contribution in [3.63, 3.8) is 0 Å². The predicted octanol–water partition coefficient (Wildman–Crippen LogP) is 5.18. The lowest BCUT2D eigenvalue weighted by atomic mass is 10.1. The zero-order valence-electron chi connectivity index (χ0n) is 15.7. The molecule has 0 saturated carbocycles. The quantitative estimate of drug-likeness (QED) is 0.466. The summed E-state index contributed by atoms with van der Waals surface area (Å²) in [5, 5.41) is 2.34. The summed E-state index contributed by atoms with van der Waals surface area (Å²) in [6, 6.07) is 22.1. The average molecular weight is 368 g/mol. The highest BCUT2D eigenvalue weighted by Crippen LogP contribution is 2.33. The second kappa shape index (κ2) is 6.34. The summed E-state index contributed by atoms with van der Waals surface area (Å²) in [6.45, 7) is 2.53. The maximum atomic E-state index is 12.9. The van der Waals surface area contributed by atoms with Gasteiger partial charge in [-0.15, -0.1) is 0 Å². The minimum Gasteiger partial charge on any atom is -0.309 e. The lowest BCUT2D eigenvalue weighted by molar-refractivity contribution is 0.0652. The number of benzene rings is 3. The summed E-state index contributed by atoms with van der Waals surface area (Å²) >= 11 is 0. The lowest BCUT2D eigenvalue weighted by Gasteiger charge is -2.12. The van der Waals surface area contributed by atoms with Crippen molar-refractivity contribution in [2.75, 3.05) is 6.54 Å². The Morgan fingerprint density at radius 1 is 0.750 bits per heavy atom. The molecule has 138 valence electrons. The number of rotatable bonds is 4. The zero-order chi connectivity index (χ0) is 19.3. The summed E-state index contributed by atoms with van der Waals surface area (Å²) in [5.74, 6) is -0.363. The van der Waals surface area contributed by atoms with Crippen LogP contribution in [0.4, 0.5) is 0 Å². The normalized spacial score (nSPS) is 13.7. The van der Waals surface area contributed by atoms with Crippen LogP contribution in [0.15, 0.2) is 66.7 Å². The molecule has 0 N–H and O–H groups in total. The van der Waals surface area contributed by atoms with Gasteiger partial charge in [0, 0.05) is 23.0 Å². The molecule has 4 aromatic rings. The van der Waals surface area contributed by atoms with Crippen LogP contribution in [0.1, 0.15) is 40.5 Å². The fraction of sp³-hybridized carbons (Fsp3) is 0.167. The molecule has 0 aliphatic carbocycles. The number of hydrogen-bond acceptors (Lipinski definition) is 2. The van der Waals surface area contributed by atoms with Crippen molar-refractivity contribution in [1.29, 1.82) is 0 Å². The lowest BCUT2D eigenvalue weighted by Crippen LogP contribution is -2.30. The molecule has 4 heteroatoms. The average Bonchev–Trinajstić information content (AvgIpc) is 3.19. The first-order chi connectivity index (χ1) is 13.7. The van der Waals surface area contributed by atoms with E-state index in [4.69, 9.17) is 0 Å². The number of aromatic nitrogens is 1. The van der Waals surface area contributed by atoms with Gasteiger partial charge in [-0.05, 0) is 36.8 Å². The first-order valence-corrected chi connectivity index (χ1v) is 9.69. The van der Waals surface area contributed by atoms with Gasteiger partial charge in [-0.1, -0.05) is 49.7 Å². The van der Waals surface area contributed by atoms with Crippen molar-refractivity contribution in [3.8, 4) is 5.69 Å². The molecule has 1 aliphatic rings. The topological polar surface area (TPSA) is 42.3 Å². The molecular weight excluding hydrogens is 348 g/mol. The number of hydrogen-bond donors (Lipinski definition) is 0. The molecule has 28 heavy (non-hydrogen) atoms. The van der Waals surface area contributed by atoms with E-state index in [0.29, 0.717) is 17.7 Å². The van der Waals surface area contributed by atoms with Gasteiger partial charge in [-0.3, -0.25) is 14.5 Å². The molecule has 0 bridgehead atoms. The molecule has 0 saturated heterocycles. The molecular formula is C24H20N2O2. The Kier molecular flexibility index (Phi) is 3.79. The maximum absolute atomic E-state index is 12.9. The van der Waals surface area contributed by atoms with Gasteiger partial charge in [0.1, 0.15) is 0 Å². The molecule has 5 rings (SSSR count). The Labute approximate surface area is 163 Å². The smallest absolute Gasteiger partial charge is 0.261 e. The zero-order valence-corrected chi connectivity index (χ0v) is 15.7. The SMILES string of the molecule is CCCCN1C(=O)c2ccc(-n3c4ccccc4c4ccccc43)cc2C1=O. The van der Waals surface area contributed by atoms with E-state index in [0.717, 1.165) is 29.6 Å². The summed E-state index contributed by atoms with van der Waals surface area (Å²) in [4.78, 5) is 26.9. The highest BCUT2D eigenvalue weighted by Gasteiger charge is 2.35. The van der Waals surface area contributed by atoms with Gasteiger partial charge < -0.3 is 4.57 Å². The summed E-state index contributed by atoms with van der Waals surface area (Å²) < 4.78 is 2.16. The van der Waals surface area contributed by atoms with E-state index in [1.165, 1.54) is 15.7 Å². The highest BCUT2D eigenvalue weighted by molar-refractivity contribution is 6.21. The first kappa shape index (κ1) is 16.8. The molecule has 0 unspecified atom stereocenters. The van der Waals surface area contributed by atoms with E-state index >= 15 is 0 Å². The van der Waals surface area contributed by atoms with Gasteiger partial charge in [0.2, 0.25) is 0 Å². The highest BCUT2D eigenvalue weighted by atomic mass is 16.2. The van der Waals surface area contributed by atoms with Crippen LogP contribution in [0.5, 0.6) is 0 Å². The number of carbonyl (C=O) groups is 2. The second-order valence-electron chi connectivity index (χ2n) is 7.22. The van der Waals surface area contributed by atoms with Crippen molar-refractivity contribution >= 4 is 33.6 Å². The van der Waals surface area contributed by atoms with Crippen LogP contribution in [0.25, 0.3) is 27.5 Å². The van der Waals surface area contributed by atoms with Crippen molar-refractivity contribution in [3.05, 3.63) is 77.9 Å². The Bertz CT molecular complexity index is 1200. The molecule has 0 spiro atoms. The van der Waals surface area contributed by atoms with Crippen LogP contribution in [-0.4, -0.2) is 27.8 Å². The van der Waals surface area contributed by atoms with Crippen molar-refractivity contribution in [2.24, 2.45) is 0 Å². The molecule has 4 nitrogen and oxygen atoms in total. The molecule has 1 aromatic heterocycles. The minimum atomic E-state index is -0.184. The fourth-order valence-electron chi connectivity index (χ4n) is 4.14. The Hall–Kier alpha value is -3.40. The van der Waals surface area contributed by atoms with Crippen molar-refractivity contribution in [1.82, 2.24) is 9.47 Å². The van der Waals surface area contributed by atoms with E-state index in [1.807, 2.05) is 36.4 Å². The van der Waals surface area contributed by atoms with Gasteiger partial charge >= 0.3 is 0 Å². The molecule has 2 amide bonds. The number of imide groups is 1. The number of amides is 2. The van der Waals surface area contributed by atoms with E-state index in [2.05, 4.69) is 35.8 Å². The van der Waals surface area contributed by atoms with E-state index in [1.54, 1.807) is 6.07 Å². The summed E-state index contributed by atoms with van der Waals surface area (Å²) in [7, 11) is 0. The van der Waals surface area contributed by atoms with Gasteiger partial charge in [0.15, 0.2) is 0 Å². The third-order valence-electron chi connectivity index (χ3n) is 5.53. The molecule has 0 radical (unpaired) electrons. The molecule has 1 aliphatic heterocycles. The van der Waals surface area contributed by atoms with Crippen LogP contribution in [0.2, 0.25) is 0 Å². The van der Waals surface area contributed by atoms with Crippen LogP contribution < -0.4 is 0 Å². The van der Waals surface area contributed by atoms with Gasteiger partial charge in [-0.25, -0.2) is 0 Å². The number of para-hydroxylation sites is 2. The van der Waals surface area contributed by atoms with Gasteiger partial charge in [0.05, 0.1) is 22.2 Å². The second-order valence-corrected chi connectivity index (χ2v) is 7.22. The van der Waals surface area contributed by atoms with Crippen molar-refractivity contribution < 1.29 is 9.59 Å². The molecule has 3 aromatic carbocycles. The summed E-state index contributed by atoms with van der Waals surface area (Å²) in [6.07, 6.45) is 1.77. The van der Waals surface area contributed by atoms with Crippen LogP contribution in [0, 0.1) is 0 Å². The fourth-order valence-corrected chi connectivity index (χ4v) is 4.14. The van der Waals surface area contributed by atoms with Crippen LogP contribution in [-0.2, 0) is 0 Å². The van der Waals surface area contributed by atoms with E-state index in [-0.39, 0.29) is 11.8 Å². The van der Waals surface area contributed by atoms with E-state index in [9.17, 15) is 9.59 Å². The monoisotopic (exact) mass is 368 g/mol. The van der Waals surface area contributed by atoms with Gasteiger partial charge in [-0.2, -0.15) is 0 Å². The van der Waals surface area contributed by atoms with Crippen LogP contribution >= 0.6 is 0 Å². The predicted molar refractivity (Wildman–Crippen MR) is 111 cm³/mol. The number of fused-ring (bicyclic) bond motifs is 4. The Balaban J connectivity index is 1.70. The standard InChI is InChI=1S/C24H20N2O2/c1-2-3-14-25-23(27)19-13-12-16(15-20(19)24(25)28)26-21-10-6-4-8-17(21)18-9-5-7-11-22(18)26/h4-13,15H,2-3,14H2,1H3. The van der Waals surface area contributed by atoms with Gasteiger partial charge in [0.25, 0.3) is 11.8 Å². The third kappa shape index (κ3) is 2.31. The molecule has 2 heterocycles. The number of carbonyl (C=O) groups excluding carboxylic acids is 2. The number of unbranched alkanes of at least 4 members (excludes halogenated alkanes) is 1. The Morgan fingerprint density at radius 2 is 1.36 bits per heavy atom. The van der Waals surface area contributed by atoms with E-state index < -0.39 is 0 Å². The van der Waals surface area contributed by atoms with Crippen molar-refractivity contribution in [2.45, 2.75) is 19.8 Å². The molecule has 0 fully saturated rings. The Morgan fingerprint density at radius 3 is 2.00 bits per heavy atom. The minimum absolute atomic E-state index is 0.178. The largest absolute Gasteiger partial charge is 0.309 e. The maximum Gasteiger partial charge on any atom is 0.261 e. The number of nitrogens with zero attached hydrogens (tertiary/aromatic N) is 2. The first-order valence-electron chi connectivity index (χ1n) is 9.69. The summed E-state index contributed by atoms with van der Waals surface area (Å²) in [5.41, 5.74) is 4.08. The third-order valence-corrected chi connectivity index (χ3v) is 5.53. The molecule has 0 atom stereocenters.